The number of hydrogen-bond acceptors (Lipinski definition) is 8. The first-order valence-electron chi connectivity index (χ1n) is 15.1. The number of thiazole rings is 1. The van der Waals surface area contributed by atoms with Gasteiger partial charge in [-0.05, 0) is 42.0 Å². The van der Waals surface area contributed by atoms with E-state index >= 15 is 0 Å². The number of aromatic nitrogens is 4. The summed E-state index contributed by atoms with van der Waals surface area (Å²) in [5.41, 5.74) is 6.81. The lowest BCUT2D eigenvalue weighted by Crippen LogP contribution is -2.48. The molecule has 4 heterocycles. The lowest BCUT2D eigenvalue weighted by molar-refractivity contribution is -0.129. The average molecular weight is 629 g/mol. The van der Waals surface area contributed by atoms with E-state index in [-0.39, 0.29) is 11.8 Å². The molecule has 6 aromatic rings. The molecule has 0 saturated carbocycles. The molecular formula is C35H32N8O2S. The van der Waals surface area contributed by atoms with E-state index in [1.54, 1.807) is 24.5 Å². The summed E-state index contributed by atoms with van der Waals surface area (Å²) in [7, 11) is 0. The number of nitrogens with one attached hydrogen (secondary N) is 2. The Hall–Kier alpha value is -5.55. The summed E-state index contributed by atoms with van der Waals surface area (Å²) in [6, 6.07) is 27.5. The minimum absolute atomic E-state index is 0.0803. The fourth-order valence-electron chi connectivity index (χ4n) is 5.70. The molecule has 0 radical (unpaired) electrons. The monoisotopic (exact) mass is 628 g/mol. The van der Waals surface area contributed by atoms with Crippen molar-refractivity contribution in [2.75, 3.05) is 41.7 Å². The summed E-state index contributed by atoms with van der Waals surface area (Å²) in [5, 5.41) is 8.41. The quantitative estimate of drug-likeness (QED) is 0.209. The van der Waals surface area contributed by atoms with Crippen molar-refractivity contribution in [3.8, 4) is 22.6 Å². The second kappa shape index (κ2) is 12.8. The van der Waals surface area contributed by atoms with E-state index in [0.717, 1.165) is 51.9 Å². The molecule has 0 spiro atoms. The van der Waals surface area contributed by atoms with Crippen LogP contribution in [0.2, 0.25) is 0 Å². The molecule has 2 amide bonds. The molecular weight excluding hydrogens is 597 g/mol. The Morgan fingerprint density at radius 2 is 1.67 bits per heavy atom. The molecule has 0 aliphatic carbocycles. The Morgan fingerprint density at radius 1 is 0.870 bits per heavy atom. The van der Waals surface area contributed by atoms with E-state index in [2.05, 4.69) is 32.7 Å². The Morgan fingerprint density at radius 3 is 2.50 bits per heavy atom. The summed E-state index contributed by atoms with van der Waals surface area (Å²) in [4.78, 5) is 43.9. The van der Waals surface area contributed by atoms with Crippen LogP contribution in [0.3, 0.4) is 0 Å². The number of hydrogen-bond donors (Lipinski definition) is 2. The molecule has 0 bridgehead atoms. The van der Waals surface area contributed by atoms with Gasteiger partial charge in [-0.2, -0.15) is 0 Å². The van der Waals surface area contributed by atoms with E-state index in [1.807, 2.05) is 93.7 Å². The number of anilines is 4. The van der Waals surface area contributed by atoms with Crippen molar-refractivity contribution in [3.05, 3.63) is 108 Å². The van der Waals surface area contributed by atoms with Crippen LogP contribution in [0.4, 0.5) is 23.0 Å². The lowest BCUT2D eigenvalue weighted by atomic mass is 10.1. The average Bonchev–Trinajstić information content (AvgIpc) is 3.68. The highest BCUT2D eigenvalue weighted by molar-refractivity contribution is 7.15. The smallest absolute Gasteiger partial charge is 0.228 e. The van der Waals surface area contributed by atoms with Gasteiger partial charge in [0.1, 0.15) is 5.69 Å². The van der Waals surface area contributed by atoms with Crippen LogP contribution in [0.15, 0.2) is 103 Å². The largest absolute Gasteiger partial charge is 0.368 e. The third-order valence-corrected chi connectivity index (χ3v) is 8.74. The highest BCUT2D eigenvalue weighted by atomic mass is 32.1. The van der Waals surface area contributed by atoms with Crippen LogP contribution in [-0.2, 0) is 16.0 Å². The maximum Gasteiger partial charge on any atom is 0.228 e. The molecule has 7 rings (SSSR count). The van der Waals surface area contributed by atoms with Crippen molar-refractivity contribution in [1.82, 2.24) is 24.3 Å². The highest BCUT2D eigenvalue weighted by Crippen LogP contribution is 2.35. The molecule has 1 aliphatic rings. The topological polar surface area (TPSA) is 108 Å². The predicted molar refractivity (Wildman–Crippen MR) is 182 cm³/mol. The van der Waals surface area contributed by atoms with E-state index < -0.39 is 0 Å². The zero-order valence-corrected chi connectivity index (χ0v) is 26.1. The number of piperazine rings is 1. The van der Waals surface area contributed by atoms with Crippen molar-refractivity contribution in [3.63, 3.8) is 0 Å². The number of amides is 2. The zero-order valence-electron chi connectivity index (χ0n) is 25.3. The molecule has 1 fully saturated rings. The van der Waals surface area contributed by atoms with Gasteiger partial charge in [-0.1, -0.05) is 48.5 Å². The van der Waals surface area contributed by atoms with Gasteiger partial charge in [0.15, 0.2) is 4.96 Å². The van der Waals surface area contributed by atoms with Crippen LogP contribution in [0.25, 0.3) is 27.6 Å². The molecule has 230 valence electrons. The fourth-order valence-corrected chi connectivity index (χ4v) is 6.42. The van der Waals surface area contributed by atoms with Crippen LogP contribution >= 0.6 is 11.3 Å². The Kier molecular flexibility index (Phi) is 8.13. The second-order valence-corrected chi connectivity index (χ2v) is 12.0. The van der Waals surface area contributed by atoms with E-state index in [0.29, 0.717) is 36.8 Å². The van der Waals surface area contributed by atoms with Gasteiger partial charge in [0.05, 0.1) is 17.8 Å². The minimum atomic E-state index is -0.0803. The number of carbonyl (C=O) groups excluding carboxylic acids is 2. The molecule has 10 nitrogen and oxygen atoms in total. The summed E-state index contributed by atoms with van der Waals surface area (Å²) in [6.07, 6.45) is 4.03. The first-order chi connectivity index (χ1) is 22.5. The first-order valence-corrected chi connectivity index (χ1v) is 16.0. The standard InChI is InChI=1S/C35H32N8O2S/c1-24(44)41-15-17-42(18-16-41)29-12-6-11-28(23-29)38-34-36-14-13-30(39-34)33-32(40-35-43(33)19-20-46-35)26-9-5-10-27(22-26)37-31(45)21-25-7-3-2-4-8-25/h2-14,19-20,22-23H,15-18,21H2,1H3,(H,37,45)(H,36,38,39). The molecule has 3 aromatic carbocycles. The van der Waals surface area contributed by atoms with Gasteiger partial charge in [-0.3, -0.25) is 14.0 Å². The molecule has 3 aromatic heterocycles. The maximum atomic E-state index is 12.8. The van der Waals surface area contributed by atoms with Crippen molar-refractivity contribution < 1.29 is 9.59 Å². The summed E-state index contributed by atoms with van der Waals surface area (Å²) < 4.78 is 2.04. The number of carbonyl (C=O) groups is 2. The van der Waals surface area contributed by atoms with Crippen LogP contribution in [0.1, 0.15) is 12.5 Å². The number of nitrogens with zero attached hydrogens (tertiary/aromatic N) is 6. The summed E-state index contributed by atoms with van der Waals surface area (Å²) >= 11 is 1.55. The molecule has 1 saturated heterocycles. The predicted octanol–water partition coefficient (Wildman–Crippen LogP) is 6.11. The van der Waals surface area contributed by atoms with Gasteiger partial charge in [0.2, 0.25) is 17.8 Å². The molecule has 0 atom stereocenters. The maximum absolute atomic E-state index is 12.8. The van der Waals surface area contributed by atoms with Crippen LogP contribution < -0.4 is 15.5 Å². The SMILES string of the molecule is CC(=O)N1CCN(c2cccc(Nc3nccc(-c4c(-c5cccc(NC(=O)Cc6ccccc6)c5)nc5sccn45)n3)c2)CC1. The summed E-state index contributed by atoms with van der Waals surface area (Å²) in [5.74, 6) is 0.504. The van der Waals surface area contributed by atoms with Crippen LogP contribution in [0.5, 0.6) is 0 Å². The van der Waals surface area contributed by atoms with Crippen molar-refractivity contribution in [2.24, 2.45) is 0 Å². The molecule has 2 N–H and O–H groups in total. The Labute approximate surface area is 270 Å². The number of benzene rings is 3. The van der Waals surface area contributed by atoms with Crippen molar-refractivity contribution in [1.29, 1.82) is 0 Å². The van der Waals surface area contributed by atoms with Gasteiger partial charge >= 0.3 is 0 Å². The fraction of sp³-hybridized carbons (Fsp3) is 0.171. The van der Waals surface area contributed by atoms with Gasteiger partial charge in [-0.25, -0.2) is 15.0 Å². The van der Waals surface area contributed by atoms with E-state index in [4.69, 9.17) is 9.97 Å². The van der Waals surface area contributed by atoms with Crippen molar-refractivity contribution >= 4 is 51.1 Å². The van der Waals surface area contributed by atoms with E-state index in [9.17, 15) is 9.59 Å². The molecule has 0 unspecified atom stereocenters. The van der Waals surface area contributed by atoms with Gasteiger partial charge in [0, 0.05) is 73.5 Å². The zero-order chi connectivity index (χ0) is 31.5. The number of fused-ring (bicyclic) bond motifs is 1. The molecule has 46 heavy (non-hydrogen) atoms. The summed E-state index contributed by atoms with van der Waals surface area (Å²) in [6.45, 7) is 4.62. The normalized spacial score (nSPS) is 13.2. The third kappa shape index (κ3) is 6.31. The van der Waals surface area contributed by atoms with Gasteiger partial charge in [0.25, 0.3) is 0 Å². The van der Waals surface area contributed by atoms with Crippen molar-refractivity contribution in [2.45, 2.75) is 13.3 Å². The molecule has 11 heteroatoms. The minimum Gasteiger partial charge on any atom is -0.368 e. The Balaban J connectivity index is 1.13. The highest BCUT2D eigenvalue weighted by Gasteiger charge is 2.21. The first kappa shape index (κ1) is 29.2. The lowest BCUT2D eigenvalue weighted by Gasteiger charge is -2.35. The number of imidazole rings is 1. The molecule has 1 aliphatic heterocycles. The Bertz CT molecular complexity index is 2010. The second-order valence-electron chi connectivity index (χ2n) is 11.1. The van der Waals surface area contributed by atoms with Gasteiger partial charge < -0.3 is 20.4 Å². The van der Waals surface area contributed by atoms with Gasteiger partial charge in [-0.15, -0.1) is 11.3 Å². The van der Waals surface area contributed by atoms with Crippen LogP contribution in [-0.4, -0.2) is 62.2 Å². The van der Waals surface area contributed by atoms with Crippen LogP contribution in [0, 0.1) is 0 Å². The third-order valence-electron chi connectivity index (χ3n) is 7.98. The number of rotatable bonds is 8. The van der Waals surface area contributed by atoms with E-state index in [1.165, 1.54) is 0 Å².